The first-order valence-electron chi connectivity index (χ1n) is 9.76. The van der Waals surface area contributed by atoms with E-state index in [-0.39, 0.29) is 18.4 Å². The number of aryl methyl sites for hydroxylation is 2. The van der Waals surface area contributed by atoms with Gasteiger partial charge in [-0.05, 0) is 43.0 Å². The highest BCUT2D eigenvalue weighted by atomic mass is 32.1. The Hall–Kier alpha value is -2.38. The van der Waals surface area contributed by atoms with E-state index in [1.165, 1.54) is 16.9 Å². The van der Waals surface area contributed by atoms with Crippen molar-refractivity contribution < 1.29 is 19.1 Å². The Morgan fingerprint density at radius 1 is 1.11 bits per heavy atom. The Morgan fingerprint density at radius 2 is 1.93 bits per heavy atom. The van der Waals surface area contributed by atoms with Gasteiger partial charge in [-0.2, -0.15) is 0 Å². The van der Waals surface area contributed by atoms with Crippen molar-refractivity contribution in [2.24, 2.45) is 0 Å². The molecule has 3 heterocycles. The molecule has 1 aliphatic carbocycles. The molecule has 7 heteroatoms. The van der Waals surface area contributed by atoms with Gasteiger partial charge in [0, 0.05) is 18.0 Å². The van der Waals surface area contributed by atoms with E-state index in [2.05, 4.69) is 0 Å². The van der Waals surface area contributed by atoms with Crippen molar-refractivity contribution in [3.05, 3.63) is 45.6 Å². The predicted octanol–water partition coefficient (Wildman–Crippen LogP) is 2.50. The van der Waals surface area contributed by atoms with Crippen LogP contribution in [0.2, 0.25) is 0 Å². The first-order valence-corrected chi connectivity index (χ1v) is 10.6. The van der Waals surface area contributed by atoms with Gasteiger partial charge in [0.25, 0.3) is 11.8 Å². The lowest BCUT2D eigenvalue weighted by molar-refractivity contribution is -0.142. The molecule has 1 fully saturated rings. The second-order valence-electron chi connectivity index (χ2n) is 7.34. The lowest BCUT2D eigenvalue weighted by atomic mass is 10.1. The second kappa shape index (κ2) is 7.22. The Morgan fingerprint density at radius 3 is 2.75 bits per heavy atom. The zero-order valence-corrected chi connectivity index (χ0v) is 16.4. The van der Waals surface area contributed by atoms with Crippen molar-refractivity contribution in [1.29, 1.82) is 0 Å². The zero-order chi connectivity index (χ0) is 19.1. The molecule has 28 heavy (non-hydrogen) atoms. The lowest BCUT2D eigenvalue weighted by Gasteiger charge is -2.37. The van der Waals surface area contributed by atoms with Gasteiger partial charge < -0.3 is 14.4 Å². The number of ether oxygens (including phenoxy) is 2. The van der Waals surface area contributed by atoms with Gasteiger partial charge in [0.2, 0.25) is 0 Å². The maximum atomic E-state index is 13.3. The number of morpholine rings is 1. The molecule has 1 aromatic carbocycles. The molecule has 2 amide bonds. The summed E-state index contributed by atoms with van der Waals surface area (Å²) in [7, 11) is 0. The number of carbonyl (C=O) groups excluding carboxylic acids is 2. The van der Waals surface area contributed by atoms with Crippen LogP contribution in [0.1, 0.15) is 26.5 Å². The average Bonchev–Trinajstić information content (AvgIpc) is 3.35. The molecule has 1 atom stereocenters. The molecular weight excluding hydrogens is 376 g/mol. The predicted molar refractivity (Wildman–Crippen MR) is 106 cm³/mol. The minimum absolute atomic E-state index is 0.0464. The summed E-state index contributed by atoms with van der Waals surface area (Å²) >= 11 is 1.59. The monoisotopic (exact) mass is 398 g/mol. The number of hydrogen-bond donors (Lipinski definition) is 0. The Labute approximate surface area is 167 Å². The minimum atomic E-state index is -0.691. The fourth-order valence-corrected chi connectivity index (χ4v) is 5.31. The first kappa shape index (κ1) is 17.7. The highest BCUT2D eigenvalue weighted by molar-refractivity contribution is 7.14. The molecular formula is C21H22N2O4S. The largest absolute Gasteiger partial charge is 0.476 e. The summed E-state index contributed by atoms with van der Waals surface area (Å²) in [6.07, 6.45) is 2.59. The summed E-state index contributed by atoms with van der Waals surface area (Å²) in [4.78, 5) is 31.9. The van der Waals surface area contributed by atoms with Crippen molar-refractivity contribution >= 4 is 28.8 Å². The lowest BCUT2D eigenvalue weighted by Crippen LogP contribution is -2.54. The molecule has 1 aromatic heterocycles. The first-order chi connectivity index (χ1) is 13.7. The number of rotatable bonds is 2. The highest BCUT2D eigenvalue weighted by Gasteiger charge is 2.37. The number of benzene rings is 1. The maximum absolute atomic E-state index is 13.3. The van der Waals surface area contributed by atoms with Crippen LogP contribution in [0.4, 0.5) is 5.69 Å². The number of amides is 2. The molecule has 0 saturated carbocycles. The summed E-state index contributed by atoms with van der Waals surface area (Å²) in [6, 6.07) is 9.49. The fourth-order valence-electron chi connectivity index (χ4n) is 4.11. The van der Waals surface area contributed by atoms with Crippen LogP contribution in [-0.2, 0) is 22.4 Å². The number of para-hydroxylation sites is 2. The summed E-state index contributed by atoms with van der Waals surface area (Å²) in [5, 5.41) is 0. The SMILES string of the molecule is O=C(C1CN(C(=O)c2cc3c(s2)CCC3)c2ccccc2O1)N1CCOCC1. The zero-order valence-electron chi connectivity index (χ0n) is 15.6. The quantitative estimate of drug-likeness (QED) is 0.780. The van der Waals surface area contributed by atoms with Gasteiger partial charge in [0.15, 0.2) is 6.10 Å². The molecule has 0 radical (unpaired) electrons. The molecule has 6 nitrogen and oxygen atoms in total. The molecule has 3 aliphatic rings. The van der Waals surface area contributed by atoms with Crippen molar-refractivity contribution in [1.82, 2.24) is 4.90 Å². The topological polar surface area (TPSA) is 59.1 Å². The summed E-state index contributed by atoms with van der Waals surface area (Å²) in [5.41, 5.74) is 2.03. The van der Waals surface area contributed by atoms with Crippen LogP contribution < -0.4 is 9.64 Å². The maximum Gasteiger partial charge on any atom is 0.268 e. The number of anilines is 1. The number of hydrogen-bond acceptors (Lipinski definition) is 5. The van der Waals surface area contributed by atoms with Crippen molar-refractivity contribution in [3.8, 4) is 5.75 Å². The molecule has 1 saturated heterocycles. The molecule has 146 valence electrons. The highest BCUT2D eigenvalue weighted by Crippen LogP contribution is 2.37. The van der Waals surface area contributed by atoms with Crippen molar-refractivity contribution in [2.75, 3.05) is 37.7 Å². The van der Waals surface area contributed by atoms with Crippen molar-refractivity contribution in [3.63, 3.8) is 0 Å². The molecule has 0 spiro atoms. The standard InChI is InChI=1S/C21H22N2O4S/c24-20(22-8-10-26-11-9-22)17-13-23(15-5-1-2-6-16(15)27-17)21(25)19-12-14-4-3-7-18(14)28-19/h1-2,5-6,12,17H,3-4,7-11,13H2. The van der Waals surface area contributed by atoms with Gasteiger partial charge in [-0.1, -0.05) is 12.1 Å². The number of carbonyl (C=O) groups is 2. The van der Waals surface area contributed by atoms with Gasteiger partial charge in [0.05, 0.1) is 30.3 Å². The fraction of sp³-hybridized carbons (Fsp3) is 0.429. The number of fused-ring (bicyclic) bond motifs is 2. The molecule has 2 aromatic rings. The minimum Gasteiger partial charge on any atom is -0.476 e. The molecule has 1 unspecified atom stereocenters. The Balaban J connectivity index is 1.43. The average molecular weight is 398 g/mol. The van der Waals surface area contributed by atoms with E-state index in [1.807, 2.05) is 30.3 Å². The third kappa shape index (κ3) is 3.08. The van der Waals surface area contributed by atoms with Gasteiger partial charge in [-0.25, -0.2) is 0 Å². The van der Waals surface area contributed by atoms with Gasteiger partial charge in [0.1, 0.15) is 5.75 Å². The molecule has 0 bridgehead atoms. The van der Waals surface area contributed by atoms with Gasteiger partial charge >= 0.3 is 0 Å². The third-order valence-electron chi connectivity index (χ3n) is 5.57. The molecule has 5 rings (SSSR count). The van der Waals surface area contributed by atoms with Gasteiger partial charge in [-0.3, -0.25) is 14.5 Å². The second-order valence-corrected chi connectivity index (χ2v) is 8.48. The van der Waals surface area contributed by atoms with Crippen LogP contribution in [0, 0.1) is 0 Å². The van der Waals surface area contributed by atoms with E-state index in [0.717, 1.165) is 23.4 Å². The molecule has 0 N–H and O–H groups in total. The van der Waals surface area contributed by atoms with Gasteiger partial charge in [-0.15, -0.1) is 11.3 Å². The molecule has 2 aliphatic heterocycles. The van der Waals surface area contributed by atoms with E-state index in [9.17, 15) is 9.59 Å². The summed E-state index contributed by atoms with van der Waals surface area (Å²) < 4.78 is 11.3. The summed E-state index contributed by atoms with van der Waals surface area (Å²) in [6.45, 7) is 2.43. The smallest absolute Gasteiger partial charge is 0.268 e. The van der Waals surface area contributed by atoms with E-state index >= 15 is 0 Å². The normalized spacial score (nSPS) is 21.1. The van der Waals surface area contributed by atoms with Crippen molar-refractivity contribution in [2.45, 2.75) is 25.4 Å². The van der Waals surface area contributed by atoms with E-state index in [1.54, 1.807) is 21.1 Å². The third-order valence-corrected chi connectivity index (χ3v) is 6.80. The van der Waals surface area contributed by atoms with Crippen LogP contribution >= 0.6 is 11.3 Å². The van der Waals surface area contributed by atoms with Crippen LogP contribution in [0.5, 0.6) is 5.75 Å². The van der Waals surface area contributed by atoms with E-state index < -0.39 is 6.10 Å². The van der Waals surface area contributed by atoms with Crippen LogP contribution in [-0.4, -0.2) is 55.7 Å². The Bertz CT molecular complexity index is 897. The summed E-state index contributed by atoms with van der Waals surface area (Å²) in [5.74, 6) is 0.456. The van der Waals surface area contributed by atoms with Crippen LogP contribution in [0.15, 0.2) is 30.3 Å². The Kier molecular flexibility index (Phi) is 4.56. The van der Waals surface area contributed by atoms with E-state index in [4.69, 9.17) is 9.47 Å². The van der Waals surface area contributed by atoms with Crippen LogP contribution in [0.25, 0.3) is 0 Å². The number of thiophene rings is 1. The van der Waals surface area contributed by atoms with E-state index in [0.29, 0.717) is 32.1 Å². The number of nitrogens with zero attached hydrogens (tertiary/aromatic N) is 2. The van der Waals surface area contributed by atoms with Crippen LogP contribution in [0.3, 0.4) is 0 Å².